The van der Waals surface area contributed by atoms with Gasteiger partial charge in [-0.25, -0.2) is 0 Å². The van der Waals surface area contributed by atoms with Crippen molar-refractivity contribution < 1.29 is 37.5 Å². The molecule has 4 heteroatoms. The number of amides is 1. The number of hydrogen-bond donors (Lipinski definition) is 1. The van der Waals surface area contributed by atoms with Crippen LogP contribution in [0.1, 0.15) is 57.2 Å². The van der Waals surface area contributed by atoms with E-state index in [0.29, 0.717) is 5.69 Å². The zero-order valence-corrected chi connectivity index (χ0v) is 19.8. The van der Waals surface area contributed by atoms with Crippen molar-refractivity contribution >= 4 is 17.7 Å². The Kier molecular flexibility index (Phi) is 7.17. The van der Waals surface area contributed by atoms with E-state index in [9.17, 15) is 9.59 Å². The van der Waals surface area contributed by atoms with Crippen molar-refractivity contribution in [2.75, 3.05) is 5.32 Å². The minimum absolute atomic E-state index is 0. The molecule has 1 aliphatic carbocycles. The summed E-state index contributed by atoms with van der Waals surface area (Å²) in [6.45, 7) is 9.18. The average Bonchev–Trinajstić information content (AvgIpc) is 2.81. The van der Waals surface area contributed by atoms with Crippen LogP contribution in [0, 0.1) is 6.07 Å². The van der Waals surface area contributed by atoms with E-state index in [1.54, 1.807) is 12.1 Å². The van der Waals surface area contributed by atoms with Gasteiger partial charge in [-0.2, -0.15) is 6.07 Å². The molecular weight excluding hydrogens is 423 g/mol. The van der Waals surface area contributed by atoms with Crippen LogP contribution in [0.4, 0.5) is 5.69 Å². The maximum Gasteiger partial charge on any atom is 0.247 e. The molecule has 0 bridgehead atoms. The van der Waals surface area contributed by atoms with Crippen molar-refractivity contribution in [2.24, 2.45) is 0 Å². The molecule has 2 aromatic carbocycles. The molecule has 0 atom stereocenters. The molecule has 28 heavy (non-hydrogen) atoms. The van der Waals surface area contributed by atoms with Crippen LogP contribution in [0.15, 0.2) is 53.3 Å². The molecule has 3 rings (SSSR count). The van der Waals surface area contributed by atoms with Crippen molar-refractivity contribution in [2.45, 2.75) is 51.4 Å². The van der Waals surface area contributed by atoms with Crippen LogP contribution in [0.2, 0.25) is 0 Å². The summed E-state index contributed by atoms with van der Waals surface area (Å²) in [7, 11) is 0. The summed E-state index contributed by atoms with van der Waals surface area (Å²) in [5.74, 6) is -0.231. The first-order valence-electron chi connectivity index (χ1n) is 9.34. The summed E-state index contributed by atoms with van der Waals surface area (Å²) >= 11 is 0. The van der Waals surface area contributed by atoms with Crippen LogP contribution in [-0.4, -0.2) is 5.91 Å². The maximum absolute atomic E-state index is 12.2. The molecule has 0 fully saturated rings. The van der Waals surface area contributed by atoms with Gasteiger partial charge in [-0.15, -0.1) is 24.3 Å². The van der Waals surface area contributed by atoms with E-state index in [2.05, 4.69) is 57.3 Å². The number of fused-ring (bicyclic) bond motifs is 1. The van der Waals surface area contributed by atoms with Crippen LogP contribution >= 0.6 is 0 Å². The summed E-state index contributed by atoms with van der Waals surface area (Å²) in [6, 6.07) is 15.2. The fourth-order valence-electron chi connectivity index (χ4n) is 3.63. The Bertz CT molecular complexity index is 961. The van der Waals surface area contributed by atoms with Gasteiger partial charge in [0, 0.05) is 38.8 Å². The van der Waals surface area contributed by atoms with E-state index >= 15 is 0 Å². The van der Waals surface area contributed by atoms with Crippen LogP contribution in [0.5, 0.6) is 0 Å². The second kappa shape index (κ2) is 8.84. The molecule has 1 radical (unpaired) electrons. The van der Waals surface area contributed by atoms with Gasteiger partial charge in [-0.1, -0.05) is 45.9 Å². The predicted octanol–water partition coefficient (Wildman–Crippen LogP) is 4.85. The molecule has 0 saturated carbocycles. The van der Waals surface area contributed by atoms with Crippen molar-refractivity contribution in [3.05, 3.63) is 81.5 Å². The van der Waals surface area contributed by atoms with Crippen LogP contribution in [0.25, 0.3) is 6.08 Å². The molecule has 1 aliphatic rings. The molecule has 0 aliphatic heterocycles. The molecule has 0 aromatic heterocycles. The second-order valence-corrected chi connectivity index (χ2v) is 8.53. The molecule has 0 heterocycles. The normalized spacial score (nSPS) is 16.7. The zero-order valence-electron chi connectivity index (χ0n) is 17.0. The molecule has 1 N–H and O–H groups in total. The molecule has 143 valence electrons. The number of carbonyl (C=O) groups is 1. The summed E-state index contributed by atoms with van der Waals surface area (Å²) in [5.41, 5.74) is 4.47. The molecule has 0 saturated heterocycles. The van der Waals surface area contributed by atoms with Crippen molar-refractivity contribution in [1.29, 1.82) is 0 Å². The quantitative estimate of drug-likeness (QED) is 0.538. The van der Waals surface area contributed by atoms with Gasteiger partial charge in [0.1, 0.15) is 0 Å². The van der Waals surface area contributed by atoms with E-state index in [4.69, 9.17) is 0 Å². The SMILES string of the molecule is CC1(C)CCC(C)(C)c2cc(/C=C/C(=O)Nc3cc[c-]c(=O)cc3)ccc21.[Y]. The first kappa shape index (κ1) is 22.7. The van der Waals surface area contributed by atoms with Gasteiger partial charge in [0.2, 0.25) is 5.91 Å². The van der Waals surface area contributed by atoms with E-state index in [1.165, 1.54) is 35.8 Å². The summed E-state index contributed by atoms with van der Waals surface area (Å²) in [5, 5.41) is 2.77. The molecule has 2 aromatic rings. The third-order valence-corrected chi connectivity index (χ3v) is 5.47. The molecule has 3 nitrogen and oxygen atoms in total. The number of anilines is 1. The fraction of sp³-hybridized carbons (Fsp3) is 0.333. The standard InChI is InChI=1S/C24H26NO2.Y/c1-23(2)14-15-24(3,4)21-16-17(8-12-20(21)23)9-13-22(27)25-18-6-5-7-19(26)11-10-18;/h5-6,8-13,16H,14-15H2,1-4H3,(H,25,27);/q-1;/b13-9+;. The minimum Gasteiger partial charge on any atom is -0.335 e. The van der Waals surface area contributed by atoms with Crippen LogP contribution in [0.3, 0.4) is 0 Å². The molecule has 1 amide bonds. The molecule has 0 spiro atoms. The number of carbonyl (C=O) groups excluding carboxylic acids is 1. The van der Waals surface area contributed by atoms with Gasteiger partial charge in [-0.05, 0) is 52.1 Å². The van der Waals surface area contributed by atoms with Gasteiger partial charge in [0.25, 0.3) is 0 Å². The Morgan fingerprint density at radius 2 is 1.68 bits per heavy atom. The minimum atomic E-state index is -0.231. The van der Waals surface area contributed by atoms with Crippen LogP contribution < -0.4 is 10.7 Å². The van der Waals surface area contributed by atoms with Crippen molar-refractivity contribution in [3.63, 3.8) is 0 Å². The second-order valence-electron chi connectivity index (χ2n) is 8.53. The first-order valence-corrected chi connectivity index (χ1v) is 9.34. The predicted molar refractivity (Wildman–Crippen MR) is 111 cm³/mol. The van der Waals surface area contributed by atoms with Crippen molar-refractivity contribution in [3.8, 4) is 0 Å². The van der Waals surface area contributed by atoms with E-state index in [0.717, 1.165) is 12.0 Å². The number of hydrogen-bond acceptors (Lipinski definition) is 2. The summed E-state index contributed by atoms with van der Waals surface area (Å²) < 4.78 is 0. The smallest absolute Gasteiger partial charge is 0.247 e. The van der Waals surface area contributed by atoms with Gasteiger partial charge in [0.15, 0.2) is 0 Å². The molecule has 0 unspecified atom stereocenters. The largest absolute Gasteiger partial charge is 0.335 e. The Morgan fingerprint density at radius 1 is 1.00 bits per heavy atom. The summed E-state index contributed by atoms with van der Waals surface area (Å²) in [4.78, 5) is 23.5. The third-order valence-electron chi connectivity index (χ3n) is 5.47. The van der Waals surface area contributed by atoms with E-state index < -0.39 is 0 Å². The van der Waals surface area contributed by atoms with E-state index in [-0.39, 0.29) is 54.9 Å². The Labute approximate surface area is 192 Å². The number of benzene rings is 1. The summed E-state index contributed by atoms with van der Waals surface area (Å²) in [6.07, 6.45) is 5.70. The van der Waals surface area contributed by atoms with Crippen LogP contribution in [-0.2, 0) is 48.3 Å². The van der Waals surface area contributed by atoms with Gasteiger partial charge >= 0.3 is 0 Å². The monoisotopic (exact) mass is 449 g/mol. The average molecular weight is 449 g/mol. The zero-order chi connectivity index (χ0) is 19.7. The number of nitrogens with one attached hydrogen (secondary N) is 1. The van der Waals surface area contributed by atoms with Gasteiger partial charge < -0.3 is 10.1 Å². The number of rotatable bonds is 3. The van der Waals surface area contributed by atoms with Gasteiger partial charge in [-0.3, -0.25) is 4.79 Å². The first-order chi connectivity index (χ1) is 12.7. The fourth-order valence-corrected chi connectivity index (χ4v) is 3.63. The topological polar surface area (TPSA) is 46.2 Å². The Morgan fingerprint density at radius 3 is 2.39 bits per heavy atom. The van der Waals surface area contributed by atoms with Crippen molar-refractivity contribution in [1.82, 2.24) is 0 Å². The Balaban J connectivity index is 0.00000280. The van der Waals surface area contributed by atoms with E-state index in [1.807, 2.05) is 6.08 Å². The maximum atomic E-state index is 12.2. The Hall–Kier alpha value is -1.58. The van der Waals surface area contributed by atoms with Gasteiger partial charge in [0.05, 0.1) is 5.43 Å². The third kappa shape index (κ3) is 5.27. The molecular formula is C24H26NO2Y-.